The molecule has 0 aliphatic carbocycles. The minimum Gasteiger partial charge on any atom is -0.494 e. The van der Waals surface area contributed by atoms with Gasteiger partial charge in [0, 0.05) is 26.2 Å². The van der Waals surface area contributed by atoms with Gasteiger partial charge in [-0.25, -0.2) is 8.78 Å². The topological polar surface area (TPSA) is 15.7 Å². The van der Waals surface area contributed by atoms with Gasteiger partial charge in [0.1, 0.15) is 17.4 Å². The van der Waals surface area contributed by atoms with E-state index in [1.807, 2.05) is 37.3 Å². The first-order valence-corrected chi connectivity index (χ1v) is 10.3. The van der Waals surface area contributed by atoms with Crippen LogP contribution < -0.4 is 4.74 Å². The highest BCUT2D eigenvalue weighted by atomic mass is 19.1. The molecule has 1 saturated heterocycles. The van der Waals surface area contributed by atoms with Gasteiger partial charge in [0.15, 0.2) is 0 Å². The average molecular weight is 408 g/mol. The molecule has 1 heterocycles. The number of hydrogen-bond acceptors (Lipinski definition) is 3. The summed E-state index contributed by atoms with van der Waals surface area (Å²) in [6, 6.07) is 21.5. The van der Waals surface area contributed by atoms with E-state index < -0.39 is 0 Å². The average Bonchev–Trinajstić information content (AvgIpc) is 3.13. The summed E-state index contributed by atoms with van der Waals surface area (Å²) in [5, 5.41) is 0. The molecule has 0 aromatic heterocycles. The second-order valence-electron chi connectivity index (χ2n) is 7.57. The molecule has 1 fully saturated rings. The van der Waals surface area contributed by atoms with Crippen molar-refractivity contribution >= 4 is 0 Å². The van der Waals surface area contributed by atoms with Crippen molar-refractivity contribution in [3.8, 4) is 5.75 Å². The van der Waals surface area contributed by atoms with Gasteiger partial charge in [-0.3, -0.25) is 9.80 Å². The Morgan fingerprint density at radius 3 is 1.97 bits per heavy atom. The molecule has 0 saturated carbocycles. The second kappa shape index (κ2) is 9.37. The van der Waals surface area contributed by atoms with Crippen LogP contribution in [0.1, 0.15) is 29.8 Å². The highest BCUT2D eigenvalue weighted by molar-refractivity contribution is 5.28. The summed E-state index contributed by atoms with van der Waals surface area (Å²) in [5.74, 6) is 0.392. The van der Waals surface area contributed by atoms with Crippen LogP contribution in [0.15, 0.2) is 72.8 Å². The maximum atomic E-state index is 14.0. The van der Waals surface area contributed by atoms with Crippen LogP contribution in [-0.4, -0.2) is 29.5 Å². The van der Waals surface area contributed by atoms with Crippen molar-refractivity contribution < 1.29 is 13.5 Å². The Morgan fingerprint density at radius 1 is 0.800 bits per heavy atom. The van der Waals surface area contributed by atoms with Crippen molar-refractivity contribution in [3.63, 3.8) is 0 Å². The quantitative estimate of drug-likeness (QED) is 0.522. The summed E-state index contributed by atoms with van der Waals surface area (Å²) < 4.78 is 32.8. The largest absolute Gasteiger partial charge is 0.494 e. The third-order valence-corrected chi connectivity index (χ3v) is 5.43. The SMILES string of the molecule is CCOc1ccc(CN2CCN(Cc3ccc(F)cc3)C2c2cccc(F)c2)cc1. The molecule has 0 amide bonds. The van der Waals surface area contributed by atoms with E-state index in [0.29, 0.717) is 13.2 Å². The molecule has 1 unspecified atom stereocenters. The Labute approximate surface area is 176 Å². The summed E-state index contributed by atoms with van der Waals surface area (Å²) in [4.78, 5) is 4.67. The minimum atomic E-state index is -0.237. The van der Waals surface area contributed by atoms with E-state index >= 15 is 0 Å². The third-order valence-electron chi connectivity index (χ3n) is 5.43. The molecule has 3 aromatic rings. The van der Waals surface area contributed by atoms with Gasteiger partial charge in [0.05, 0.1) is 12.8 Å². The lowest BCUT2D eigenvalue weighted by Gasteiger charge is -2.31. The maximum absolute atomic E-state index is 14.0. The molecule has 1 atom stereocenters. The lowest BCUT2D eigenvalue weighted by atomic mass is 10.1. The Bertz CT molecular complexity index is 960. The molecule has 5 heteroatoms. The normalized spacial score (nSPS) is 17.4. The predicted molar refractivity (Wildman–Crippen MR) is 114 cm³/mol. The van der Waals surface area contributed by atoms with Crippen LogP contribution >= 0.6 is 0 Å². The van der Waals surface area contributed by atoms with Crippen molar-refractivity contribution in [1.82, 2.24) is 9.80 Å². The zero-order chi connectivity index (χ0) is 20.9. The molecule has 4 rings (SSSR count). The standard InChI is InChI=1S/C25H26F2N2O/c1-2-30-24-12-8-20(9-13-24)18-29-15-14-28(17-19-6-10-22(26)11-7-19)25(29)21-4-3-5-23(27)16-21/h3-13,16,25H,2,14-15,17-18H2,1H3. The van der Waals surface area contributed by atoms with Crippen LogP contribution in [0.3, 0.4) is 0 Å². The van der Waals surface area contributed by atoms with Gasteiger partial charge in [-0.2, -0.15) is 0 Å². The number of hydrogen-bond donors (Lipinski definition) is 0. The van der Waals surface area contributed by atoms with E-state index in [0.717, 1.165) is 36.5 Å². The molecule has 0 bridgehead atoms. The number of nitrogens with zero attached hydrogens (tertiary/aromatic N) is 2. The van der Waals surface area contributed by atoms with Crippen molar-refractivity contribution in [1.29, 1.82) is 0 Å². The van der Waals surface area contributed by atoms with E-state index in [-0.39, 0.29) is 17.8 Å². The maximum Gasteiger partial charge on any atom is 0.123 e. The predicted octanol–water partition coefficient (Wildman–Crippen LogP) is 5.38. The van der Waals surface area contributed by atoms with E-state index in [1.165, 1.54) is 23.8 Å². The Kier molecular flexibility index (Phi) is 6.41. The molecule has 156 valence electrons. The van der Waals surface area contributed by atoms with Crippen LogP contribution in [0.4, 0.5) is 8.78 Å². The fraction of sp³-hybridized carbons (Fsp3) is 0.280. The number of benzene rings is 3. The first-order chi connectivity index (χ1) is 14.6. The van der Waals surface area contributed by atoms with E-state index in [4.69, 9.17) is 4.74 Å². The third kappa shape index (κ3) is 4.86. The molecule has 1 aliphatic rings. The molecule has 3 nitrogen and oxygen atoms in total. The molecule has 30 heavy (non-hydrogen) atoms. The molecule has 3 aromatic carbocycles. The molecular weight excluding hydrogens is 382 g/mol. The van der Waals surface area contributed by atoms with Gasteiger partial charge in [0.2, 0.25) is 0 Å². The number of ether oxygens (including phenoxy) is 1. The first kappa shape index (κ1) is 20.5. The van der Waals surface area contributed by atoms with Crippen molar-refractivity contribution in [2.75, 3.05) is 19.7 Å². The van der Waals surface area contributed by atoms with Gasteiger partial charge < -0.3 is 4.74 Å². The summed E-state index contributed by atoms with van der Waals surface area (Å²) in [7, 11) is 0. The van der Waals surface area contributed by atoms with Crippen LogP contribution in [0.25, 0.3) is 0 Å². The zero-order valence-corrected chi connectivity index (χ0v) is 17.1. The van der Waals surface area contributed by atoms with E-state index in [1.54, 1.807) is 12.1 Å². The first-order valence-electron chi connectivity index (χ1n) is 10.3. The van der Waals surface area contributed by atoms with E-state index in [9.17, 15) is 8.78 Å². The molecule has 1 aliphatic heterocycles. The number of rotatable bonds is 7. The summed E-state index contributed by atoms with van der Waals surface area (Å²) in [5.41, 5.74) is 3.16. The van der Waals surface area contributed by atoms with Crippen LogP contribution in [0.5, 0.6) is 5.75 Å². The zero-order valence-electron chi connectivity index (χ0n) is 17.1. The van der Waals surface area contributed by atoms with Crippen molar-refractivity contribution in [2.45, 2.75) is 26.2 Å². The molecule has 0 radical (unpaired) electrons. The lowest BCUT2D eigenvalue weighted by Crippen LogP contribution is -2.30. The highest BCUT2D eigenvalue weighted by Crippen LogP contribution is 2.33. The fourth-order valence-corrected chi connectivity index (χ4v) is 4.07. The van der Waals surface area contributed by atoms with Crippen LogP contribution in [0, 0.1) is 11.6 Å². The van der Waals surface area contributed by atoms with Gasteiger partial charge in [0.25, 0.3) is 0 Å². The van der Waals surface area contributed by atoms with Crippen molar-refractivity contribution in [2.24, 2.45) is 0 Å². The van der Waals surface area contributed by atoms with Gasteiger partial charge in [-0.1, -0.05) is 36.4 Å². The van der Waals surface area contributed by atoms with Crippen LogP contribution in [-0.2, 0) is 13.1 Å². The van der Waals surface area contributed by atoms with Gasteiger partial charge in [-0.05, 0) is 60.0 Å². The molecule has 0 N–H and O–H groups in total. The lowest BCUT2D eigenvalue weighted by molar-refractivity contribution is 0.125. The molecular formula is C25H26F2N2O. The number of halogens is 2. The second-order valence-corrected chi connectivity index (χ2v) is 7.57. The monoisotopic (exact) mass is 408 g/mol. The Hall–Kier alpha value is -2.76. The van der Waals surface area contributed by atoms with Crippen LogP contribution in [0.2, 0.25) is 0 Å². The Balaban J connectivity index is 1.56. The summed E-state index contributed by atoms with van der Waals surface area (Å²) in [6.07, 6.45) is -0.0441. The molecule has 0 spiro atoms. The summed E-state index contributed by atoms with van der Waals surface area (Å²) >= 11 is 0. The van der Waals surface area contributed by atoms with Gasteiger partial charge >= 0.3 is 0 Å². The van der Waals surface area contributed by atoms with Crippen molar-refractivity contribution in [3.05, 3.63) is 101 Å². The Morgan fingerprint density at radius 2 is 1.40 bits per heavy atom. The highest BCUT2D eigenvalue weighted by Gasteiger charge is 2.33. The minimum absolute atomic E-state index is 0.0441. The fourth-order valence-electron chi connectivity index (χ4n) is 4.07. The summed E-state index contributed by atoms with van der Waals surface area (Å²) in [6.45, 7) is 5.78. The van der Waals surface area contributed by atoms with E-state index in [2.05, 4.69) is 21.9 Å². The smallest absolute Gasteiger partial charge is 0.123 e. The van der Waals surface area contributed by atoms with Gasteiger partial charge in [-0.15, -0.1) is 0 Å².